The van der Waals surface area contributed by atoms with Gasteiger partial charge in [0.15, 0.2) is 0 Å². The van der Waals surface area contributed by atoms with E-state index >= 15 is 0 Å². The highest BCUT2D eigenvalue weighted by Crippen LogP contribution is 2.36. The Kier molecular flexibility index (Phi) is 3.55. The van der Waals surface area contributed by atoms with E-state index < -0.39 is 0 Å². The van der Waals surface area contributed by atoms with Crippen LogP contribution in [0.1, 0.15) is 0 Å². The Balaban J connectivity index is 2.63. The molecule has 0 N–H and O–H groups in total. The normalized spacial score (nSPS) is 10.5. The van der Waals surface area contributed by atoms with Crippen molar-refractivity contribution in [3.63, 3.8) is 0 Å². The van der Waals surface area contributed by atoms with E-state index in [2.05, 4.69) is 9.97 Å². The second-order valence-electron chi connectivity index (χ2n) is 2.94. The van der Waals surface area contributed by atoms with Gasteiger partial charge in [0.05, 0.1) is 10.0 Å². The minimum atomic E-state index is 0.0897. The first-order valence-electron chi connectivity index (χ1n) is 4.22. The van der Waals surface area contributed by atoms with Crippen LogP contribution in [0.4, 0.5) is 0 Å². The molecule has 0 bridgehead atoms. The molecule has 0 unspecified atom stereocenters. The summed E-state index contributed by atoms with van der Waals surface area (Å²) in [6.45, 7) is 0. The molecule has 0 saturated heterocycles. The van der Waals surface area contributed by atoms with Gasteiger partial charge in [-0.2, -0.15) is 0 Å². The molecular weight excluding hydrogens is 290 g/mol. The van der Waals surface area contributed by atoms with Crippen molar-refractivity contribution in [2.75, 3.05) is 0 Å². The number of hydrogen-bond donors (Lipinski definition) is 0. The zero-order valence-electron chi connectivity index (χ0n) is 7.72. The monoisotopic (exact) mass is 292 g/mol. The highest BCUT2D eigenvalue weighted by Gasteiger charge is 2.11. The van der Waals surface area contributed by atoms with Crippen LogP contribution in [0.3, 0.4) is 0 Å². The maximum absolute atomic E-state index is 6.06. The summed E-state index contributed by atoms with van der Waals surface area (Å²) in [5, 5.41) is 1.19. The molecule has 1 aromatic heterocycles. The molecule has 2 rings (SSSR count). The number of hydrogen-bond acceptors (Lipinski definition) is 2. The number of rotatable bonds is 1. The lowest BCUT2D eigenvalue weighted by Crippen LogP contribution is -1.88. The van der Waals surface area contributed by atoms with Gasteiger partial charge < -0.3 is 0 Å². The molecule has 0 fully saturated rings. The van der Waals surface area contributed by atoms with Crippen LogP contribution >= 0.6 is 46.4 Å². The summed E-state index contributed by atoms with van der Waals surface area (Å²) >= 11 is 23.5. The van der Waals surface area contributed by atoms with Gasteiger partial charge in [0, 0.05) is 17.3 Å². The van der Waals surface area contributed by atoms with Crippen LogP contribution < -0.4 is 0 Å². The standard InChI is InChI=1S/C10H4Cl4N2/c11-7-3-1-2-5(8(7)12)6-4-15-10(14)16-9(6)13/h1-4H. The molecule has 0 amide bonds. The van der Waals surface area contributed by atoms with Crippen LogP contribution in [-0.2, 0) is 0 Å². The van der Waals surface area contributed by atoms with Crippen molar-refractivity contribution in [2.45, 2.75) is 0 Å². The zero-order chi connectivity index (χ0) is 11.7. The maximum Gasteiger partial charge on any atom is 0.223 e. The molecule has 0 aliphatic carbocycles. The fourth-order valence-corrected chi connectivity index (χ4v) is 2.04. The summed E-state index contributed by atoms with van der Waals surface area (Å²) in [6, 6.07) is 5.25. The van der Waals surface area contributed by atoms with E-state index in [1.165, 1.54) is 6.20 Å². The lowest BCUT2D eigenvalue weighted by atomic mass is 10.1. The second-order valence-corrected chi connectivity index (χ2v) is 4.43. The topological polar surface area (TPSA) is 25.8 Å². The van der Waals surface area contributed by atoms with Crippen molar-refractivity contribution in [1.82, 2.24) is 9.97 Å². The van der Waals surface area contributed by atoms with Crippen LogP contribution in [0.15, 0.2) is 24.4 Å². The van der Waals surface area contributed by atoms with Gasteiger partial charge in [-0.1, -0.05) is 46.9 Å². The van der Waals surface area contributed by atoms with E-state index in [1.54, 1.807) is 18.2 Å². The van der Waals surface area contributed by atoms with Gasteiger partial charge in [-0.25, -0.2) is 9.97 Å². The Morgan fingerprint density at radius 3 is 2.38 bits per heavy atom. The third-order valence-corrected chi connectivity index (χ3v) is 3.24. The van der Waals surface area contributed by atoms with Gasteiger partial charge in [-0.3, -0.25) is 0 Å². The van der Waals surface area contributed by atoms with Gasteiger partial charge in [0.1, 0.15) is 5.15 Å². The smallest absolute Gasteiger partial charge is 0.223 e. The predicted molar refractivity (Wildman–Crippen MR) is 67.5 cm³/mol. The van der Waals surface area contributed by atoms with Crippen molar-refractivity contribution >= 4 is 46.4 Å². The predicted octanol–water partition coefficient (Wildman–Crippen LogP) is 4.76. The van der Waals surface area contributed by atoms with Crippen LogP contribution in [0, 0.1) is 0 Å². The minimum Gasteiger partial charge on any atom is -0.226 e. The molecule has 16 heavy (non-hydrogen) atoms. The summed E-state index contributed by atoms with van der Waals surface area (Å²) in [5.41, 5.74) is 1.27. The average Bonchev–Trinajstić information content (AvgIpc) is 2.23. The molecular formula is C10H4Cl4N2. The highest BCUT2D eigenvalue weighted by atomic mass is 35.5. The molecule has 1 aromatic carbocycles. The van der Waals surface area contributed by atoms with Crippen LogP contribution in [0.5, 0.6) is 0 Å². The summed E-state index contributed by atoms with van der Waals surface area (Å²) in [5.74, 6) is 0. The molecule has 1 heterocycles. The number of aromatic nitrogens is 2. The highest BCUT2D eigenvalue weighted by molar-refractivity contribution is 6.44. The first-order chi connectivity index (χ1) is 7.59. The number of halogens is 4. The Morgan fingerprint density at radius 2 is 1.69 bits per heavy atom. The van der Waals surface area contributed by atoms with Crippen LogP contribution in [-0.4, -0.2) is 9.97 Å². The first-order valence-corrected chi connectivity index (χ1v) is 5.73. The molecule has 0 aliphatic rings. The molecule has 82 valence electrons. The van der Waals surface area contributed by atoms with E-state index in [1.807, 2.05) is 0 Å². The van der Waals surface area contributed by atoms with Gasteiger partial charge in [-0.15, -0.1) is 0 Å². The van der Waals surface area contributed by atoms with E-state index in [0.29, 0.717) is 21.2 Å². The lowest BCUT2D eigenvalue weighted by molar-refractivity contribution is 1.17. The van der Waals surface area contributed by atoms with Crippen molar-refractivity contribution in [3.8, 4) is 11.1 Å². The Hall–Kier alpha value is -0.540. The Bertz CT molecular complexity index is 542. The molecule has 0 spiro atoms. The average molecular weight is 294 g/mol. The largest absolute Gasteiger partial charge is 0.226 e. The zero-order valence-corrected chi connectivity index (χ0v) is 10.7. The first kappa shape index (κ1) is 11.9. The van der Waals surface area contributed by atoms with Crippen LogP contribution in [0.25, 0.3) is 11.1 Å². The third-order valence-electron chi connectivity index (χ3n) is 1.95. The number of benzene rings is 1. The quantitative estimate of drug-likeness (QED) is 0.560. The fourth-order valence-electron chi connectivity index (χ4n) is 1.23. The summed E-state index contributed by atoms with van der Waals surface area (Å²) in [6.07, 6.45) is 1.51. The molecule has 0 radical (unpaired) electrons. The minimum absolute atomic E-state index is 0.0897. The second kappa shape index (κ2) is 4.76. The Morgan fingerprint density at radius 1 is 0.938 bits per heavy atom. The molecule has 0 saturated carbocycles. The molecule has 6 heteroatoms. The van der Waals surface area contributed by atoms with Crippen molar-refractivity contribution in [2.24, 2.45) is 0 Å². The molecule has 0 atom stereocenters. The summed E-state index contributed by atoms with van der Waals surface area (Å²) < 4.78 is 0. The van der Waals surface area contributed by atoms with Crippen LogP contribution in [0.2, 0.25) is 20.5 Å². The third kappa shape index (κ3) is 2.25. The molecule has 2 aromatic rings. The fraction of sp³-hybridized carbons (Fsp3) is 0. The SMILES string of the molecule is Clc1ncc(-c2cccc(Cl)c2Cl)c(Cl)n1. The summed E-state index contributed by atoms with van der Waals surface area (Å²) in [7, 11) is 0. The van der Waals surface area contributed by atoms with Crippen molar-refractivity contribution < 1.29 is 0 Å². The Labute approximate surface area is 112 Å². The van der Waals surface area contributed by atoms with Gasteiger partial charge in [0.25, 0.3) is 0 Å². The van der Waals surface area contributed by atoms with E-state index in [0.717, 1.165) is 0 Å². The van der Waals surface area contributed by atoms with Gasteiger partial charge in [-0.05, 0) is 17.7 Å². The maximum atomic E-state index is 6.06. The van der Waals surface area contributed by atoms with Crippen molar-refractivity contribution in [3.05, 3.63) is 44.9 Å². The number of nitrogens with zero attached hydrogens (tertiary/aromatic N) is 2. The van der Waals surface area contributed by atoms with Gasteiger partial charge >= 0.3 is 0 Å². The van der Waals surface area contributed by atoms with Gasteiger partial charge in [0.2, 0.25) is 5.28 Å². The van der Waals surface area contributed by atoms with E-state index in [4.69, 9.17) is 46.4 Å². The van der Waals surface area contributed by atoms with E-state index in [-0.39, 0.29) is 10.4 Å². The van der Waals surface area contributed by atoms with E-state index in [9.17, 15) is 0 Å². The summed E-state index contributed by atoms with van der Waals surface area (Å²) in [4.78, 5) is 7.69. The molecule has 0 aliphatic heterocycles. The lowest BCUT2D eigenvalue weighted by Gasteiger charge is -2.06. The molecule has 2 nitrogen and oxygen atoms in total. The van der Waals surface area contributed by atoms with Crippen molar-refractivity contribution in [1.29, 1.82) is 0 Å².